The fourth-order valence-electron chi connectivity index (χ4n) is 5.65. The zero-order valence-corrected chi connectivity index (χ0v) is 20.5. The number of aromatic nitrogens is 1. The number of aromatic amines is 1. The molecule has 6 rings (SSSR count). The van der Waals surface area contributed by atoms with E-state index < -0.39 is 12.1 Å². The smallest absolute Gasteiger partial charge is 0.246 e. The first-order chi connectivity index (χ1) is 18.0. The molecule has 0 unspecified atom stereocenters. The SMILES string of the molecule is COc1ccc(OC)c([C@H]2c3[nH]c4ccccc4c3C[C@H]3C(=O)N(Cc4ccc(F)cc4)CC(=O)N23)c1. The molecule has 3 aromatic carbocycles. The van der Waals surface area contributed by atoms with Crippen LogP contribution in [0.5, 0.6) is 11.5 Å². The molecule has 2 aliphatic heterocycles. The first-order valence-corrected chi connectivity index (χ1v) is 12.1. The van der Waals surface area contributed by atoms with E-state index in [1.165, 1.54) is 12.1 Å². The van der Waals surface area contributed by atoms with Gasteiger partial charge in [0.1, 0.15) is 35.9 Å². The number of carbonyl (C=O) groups excluding carboxylic acids is 2. The molecule has 0 aliphatic carbocycles. The summed E-state index contributed by atoms with van der Waals surface area (Å²) in [6, 6.07) is 18.2. The van der Waals surface area contributed by atoms with Crippen molar-refractivity contribution in [2.45, 2.75) is 25.0 Å². The number of halogens is 1. The number of hydrogen-bond donors (Lipinski definition) is 1. The second kappa shape index (κ2) is 8.96. The Balaban J connectivity index is 1.48. The highest BCUT2D eigenvalue weighted by Gasteiger charge is 2.48. The van der Waals surface area contributed by atoms with Crippen molar-refractivity contribution in [3.05, 3.63) is 94.9 Å². The number of H-pyrrole nitrogens is 1. The van der Waals surface area contributed by atoms with E-state index in [4.69, 9.17) is 9.47 Å². The van der Waals surface area contributed by atoms with Crippen LogP contribution in [0, 0.1) is 5.82 Å². The van der Waals surface area contributed by atoms with Crippen molar-refractivity contribution in [2.24, 2.45) is 0 Å². The molecule has 3 heterocycles. The maximum absolute atomic E-state index is 13.9. The van der Waals surface area contributed by atoms with Gasteiger partial charge in [-0.25, -0.2) is 4.39 Å². The molecule has 0 saturated carbocycles. The van der Waals surface area contributed by atoms with E-state index in [-0.39, 0.29) is 30.7 Å². The van der Waals surface area contributed by atoms with Crippen LogP contribution in [-0.2, 0) is 22.6 Å². The molecule has 0 radical (unpaired) electrons. The van der Waals surface area contributed by atoms with Gasteiger partial charge in [-0.15, -0.1) is 0 Å². The van der Waals surface area contributed by atoms with Gasteiger partial charge >= 0.3 is 0 Å². The topological polar surface area (TPSA) is 74.9 Å². The summed E-state index contributed by atoms with van der Waals surface area (Å²) < 4.78 is 24.6. The molecule has 1 saturated heterocycles. The fraction of sp³-hybridized carbons (Fsp3) is 0.241. The van der Waals surface area contributed by atoms with Crippen molar-refractivity contribution < 1.29 is 23.5 Å². The highest BCUT2D eigenvalue weighted by molar-refractivity contribution is 5.97. The summed E-state index contributed by atoms with van der Waals surface area (Å²) in [5.41, 5.74) is 4.34. The maximum atomic E-state index is 13.9. The van der Waals surface area contributed by atoms with Crippen molar-refractivity contribution in [3.63, 3.8) is 0 Å². The molecule has 37 heavy (non-hydrogen) atoms. The minimum Gasteiger partial charge on any atom is -0.497 e. The van der Waals surface area contributed by atoms with Gasteiger partial charge in [-0.1, -0.05) is 30.3 Å². The zero-order valence-electron chi connectivity index (χ0n) is 20.5. The molecule has 1 aromatic heterocycles. The first kappa shape index (κ1) is 23.1. The lowest BCUT2D eigenvalue weighted by Gasteiger charge is -2.47. The van der Waals surface area contributed by atoms with Crippen LogP contribution in [0.1, 0.15) is 28.4 Å². The average molecular weight is 500 g/mol. The fourth-order valence-corrected chi connectivity index (χ4v) is 5.65. The van der Waals surface area contributed by atoms with Crippen LogP contribution >= 0.6 is 0 Å². The predicted molar refractivity (Wildman–Crippen MR) is 136 cm³/mol. The van der Waals surface area contributed by atoms with Gasteiger partial charge in [0.15, 0.2) is 0 Å². The van der Waals surface area contributed by atoms with Crippen LogP contribution in [0.2, 0.25) is 0 Å². The second-order valence-electron chi connectivity index (χ2n) is 9.41. The number of para-hydroxylation sites is 1. The lowest BCUT2D eigenvalue weighted by Crippen LogP contribution is -2.62. The largest absolute Gasteiger partial charge is 0.497 e. The van der Waals surface area contributed by atoms with Gasteiger partial charge in [-0.3, -0.25) is 9.59 Å². The van der Waals surface area contributed by atoms with Gasteiger partial charge < -0.3 is 24.3 Å². The molecule has 2 amide bonds. The molecule has 1 fully saturated rings. The number of carbonyl (C=O) groups is 2. The van der Waals surface area contributed by atoms with Crippen LogP contribution in [-0.4, -0.2) is 53.4 Å². The van der Waals surface area contributed by atoms with Crippen molar-refractivity contribution in [2.75, 3.05) is 20.8 Å². The summed E-state index contributed by atoms with van der Waals surface area (Å²) in [6.45, 7) is 0.175. The number of hydrogen-bond acceptors (Lipinski definition) is 4. The Morgan fingerprint density at radius 3 is 2.54 bits per heavy atom. The van der Waals surface area contributed by atoms with E-state index in [9.17, 15) is 14.0 Å². The number of fused-ring (bicyclic) bond motifs is 4. The third-order valence-electron chi connectivity index (χ3n) is 7.36. The van der Waals surface area contributed by atoms with E-state index in [0.717, 1.165) is 33.3 Å². The highest BCUT2D eigenvalue weighted by Crippen LogP contribution is 2.45. The third kappa shape index (κ3) is 3.80. The van der Waals surface area contributed by atoms with Crippen molar-refractivity contribution in [1.29, 1.82) is 0 Å². The minimum atomic E-state index is -0.686. The zero-order chi connectivity index (χ0) is 25.7. The van der Waals surface area contributed by atoms with Gasteiger partial charge in [0.25, 0.3) is 0 Å². The molecular weight excluding hydrogens is 473 g/mol. The van der Waals surface area contributed by atoms with Crippen molar-refractivity contribution in [3.8, 4) is 11.5 Å². The van der Waals surface area contributed by atoms with Gasteiger partial charge in [-0.05, 0) is 47.5 Å². The molecule has 7 nitrogen and oxygen atoms in total. The van der Waals surface area contributed by atoms with Crippen LogP contribution in [0.25, 0.3) is 10.9 Å². The normalized spacial score (nSPS) is 19.1. The number of benzene rings is 3. The van der Waals surface area contributed by atoms with Gasteiger partial charge in [-0.2, -0.15) is 0 Å². The van der Waals surface area contributed by atoms with Crippen LogP contribution in [0.3, 0.4) is 0 Å². The Labute approximate surface area is 213 Å². The van der Waals surface area contributed by atoms with Crippen LogP contribution in [0.4, 0.5) is 4.39 Å². The van der Waals surface area contributed by atoms with Crippen molar-refractivity contribution >= 4 is 22.7 Å². The van der Waals surface area contributed by atoms with Gasteiger partial charge in [0, 0.05) is 35.1 Å². The monoisotopic (exact) mass is 499 g/mol. The Morgan fingerprint density at radius 1 is 1.00 bits per heavy atom. The molecule has 188 valence electrons. The number of ether oxygens (including phenoxy) is 2. The van der Waals surface area contributed by atoms with E-state index in [1.54, 1.807) is 36.2 Å². The molecule has 0 spiro atoms. The summed E-state index contributed by atoms with van der Waals surface area (Å²) >= 11 is 0. The molecular formula is C29H26FN3O4. The van der Waals surface area contributed by atoms with E-state index in [0.29, 0.717) is 17.9 Å². The maximum Gasteiger partial charge on any atom is 0.246 e. The molecule has 4 aromatic rings. The average Bonchev–Trinajstić information content (AvgIpc) is 3.29. The summed E-state index contributed by atoms with van der Waals surface area (Å²) in [5, 5.41) is 1.03. The standard InChI is InChI=1S/C29H26FN3O4/c1-36-19-11-12-25(37-2)22(13-19)28-27-21(20-5-3-4-6-23(20)31-27)14-24-29(35)32(16-26(34)33(24)28)15-17-7-9-18(30)10-8-17/h3-13,24,28,31H,14-16H2,1-2H3/t24-,28-/m0/s1. The number of piperazine rings is 1. The lowest BCUT2D eigenvalue weighted by atomic mass is 9.85. The number of nitrogens with one attached hydrogen (secondary N) is 1. The van der Waals surface area contributed by atoms with Crippen molar-refractivity contribution in [1.82, 2.24) is 14.8 Å². The first-order valence-electron chi connectivity index (χ1n) is 12.1. The minimum absolute atomic E-state index is 0.0644. The number of methoxy groups -OCH3 is 2. The molecule has 2 aliphatic rings. The molecule has 1 N–H and O–H groups in total. The Hall–Kier alpha value is -4.33. The second-order valence-corrected chi connectivity index (χ2v) is 9.41. The Kier molecular flexibility index (Phi) is 5.59. The van der Waals surface area contributed by atoms with Crippen LogP contribution in [0.15, 0.2) is 66.7 Å². The summed E-state index contributed by atoms with van der Waals surface area (Å²) in [5.74, 6) is 0.595. The van der Waals surface area contributed by atoms with Gasteiger partial charge in [0.05, 0.1) is 14.2 Å². The Morgan fingerprint density at radius 2 is 1.78 bits per heavy atom. The summed E-state index contributed by atoms with van der Waals surface area (Å²) in [4.78, 5) is 34.5. The number of amides is 2. The number of rotatable bonds is 5. The highest BCUT2D eigenvalue weighted by atomic mass is 19.1. The summed E-state index contributed by atoms with van der Waals surface area (Å²) in [7, 11) is 3.18. The third-order valence-corrected chi connectivity index (χ3v) is 7.36. The predicted octanol–water partition coefficient (Wildman–Crippen LogP) is 4.21. The molecule has 2 atom stereocenters. The lowest BCUT2D eigenvalue weighted by molar-refractivity contribution is -0.159. The van der Waals surface area contributed by atoms with E-state index in [1.807, 2.05) is 42.5 Å². The van der Waals surface area contributed by atoms with Crippen LogP contribution < -0.4 is 9.47 Å². The quantitative estimate of drug-likeness (QED) is 0.447. The van der Waals surface area contributed by atoms with E-state index in [2.05, 4.69) is 4.98 Å². The van der Waals surface area contributed by atoms with Gasteiger partial charge in [0.2, 0.25) is 11.8 Å². The van der Waals surface area contributed by atoms with E-state index >= 15 is 0 Å². The molecule has 0 bridgehead atoms. The number of nitrogens with zero attached hydrogens (tertiary/aromatic N) is 2. The summed E-state index contributed by atoms with van der Waals surface area (Å²) in [6.07, 6.45) is 0.395. The molecule has 8 heteroatoms. The Bertz CT molecular complexity index is 1510.